The molecule has 28 heavy (non-hydrogen) atoms. The number of hydrogen-bond donors (Lipinski definition) is 1. The number of amides is 1. The maximum Gasteiger partial charge on any atom is 0.225 e. The standard InChI is InChI=1S/C22H32ClN3O2/c23-20-15-17(3-4-21(20)27)16-24-11-7-19(8-12-24)25-13-5-18(6-14-25)22(28)26-9-1-2-10-26/h3-4,15,18-19,27H,1-2,5-14,16H2. The lowest BCUT2D eigenvalue weighted by Gasteiger charge is -2.42. The number of carbonyl (C=O) groups is 1. The van der Waals surface area contributed by atoms with Gasteiger partial charge in [0, 0.05) is 31.6 Å². The van der Waals surface area contributed by atoms with Crippen molar-refractivity contribution < 1.29 is 9.90 Å². The minimum Gasteiger partial charge on any atom is -0.506 e. The summed E-state index contributed by atoms with van der Waals surface area (Å²) in [5.41, 5.74) is 1.16. The van der Waals surface area contributed by atoms with E-state index in [1.807, 2.05) is 12.1 Å². The first-order valence-corrected chi connectivity index (χ1v) is 11.2. The number of carbonyl (C=O) groups excluding carboxylic acids is 1. The molecule has 3 aliphatic rings. The van der Waals surface area contributed by atoms with Gasteiger partial charge < -0.3 is 14.9 Å². The Morgan fingerprint density at radius 3 is 2.32 bits per heavy atom. The highest BCUT2D eigenvalue weighted by atomic mass is 35.5. The van der Waals surface area contributed by atoms with Gasteiger partial charge in [0.1, 0.15) is 5.75 Å². The molecular formula is C22H32ClN3O2. The molecule has 0 aliphatic carbocycles. The van der Waals surface area contributed by atoms with E-state index in [0.29, 0.717) is 17.0 Å². The van der Waals surface area contributed by atoms with Crippen LogP contribution in [0.3, 0.4) is 0 Å². The van der Waals surface area contributed by atoms with Gasteiger partial charge in [-0.1, -0.05) is 17.7 Å². The molecule has 0 saturated carbocycles. The van der Waals surface area contributed by atoms with Gasteiger partial charge in [-0.2, -0.15) is 0 Å². The average Bonchev–Trinajstić information content (AvgIpc) is 3.26. The molecule has 0 atom stereocenters. The summed E-state index contributed by atoms with van der Waals surface area (Å²) in [5.74, 6) is 0.823. The average molecular weight is 406 g/mol. The maximum atomic E-state index is 12.6. The topological polar surface area (TPSA) is 47.0 Å². The molecule has 3 fully saturated rings. The van der Waals surface area contributed by atoms with Crippen molar-refractivity contribution in [3.05, 3.63) is 28.8 Å². The lowest BCUT2D eigenvalue weighted by Crippen LogP contribution is -2.49. The monoisotopic (exact) mass is 405 g/mol. The van der Waals surface area contributed by atoms with Gasteiger partial charge >= 0.3 is 0 Å². The van der Waals surface area contributed by atoms with E-state index in [4.69, 9.17) is 11.6 Å². The van der Waals surface area contributed by atoms with Crippen molar-refractivity contribution >= 4 is 17.5 Å². The number of likely N-dealkylation sites (tertiary alicyclic amines) is 3. The summed E-state index contributed by atoms with van der Waals surface area (Å²) in [7, 11) is 0. The molecule has 154 valence electrons. The van der Waals surface area contributed by atoms with Crippen LogP contribution in [0.4, 0.5) is 0 Å². The van der Waals surface area contributed by atoms with Gasteiger partial charge in [0.05, 0.1) is 5.02 Å². The van der Waals surface area contributed by atoms with E-state index in [0.717, 1.165) is 64.2 Å². The molecule has 5 nitrogen and oxygen atoms in total. The van der Waals surface area contributed by atoms with Crippen molar-refractivity contribution in [3.8, 4) is 5.75 Å². The fraction of sp³-hybridized carbons (Fsp3) is 0.682. The molecule has 0 unspecified atom stereocenters. The van der Waals surface area contributed by atoms with Crippen molar-refractivity contribution in [2.24, 2.45) is 5.92 Å². The molecule has 6 heteroatoms. The Hall–Kier alpha value is -1.30. The van der Waals surface area contributed by atoms with Crippen molar-refractivity contribution in [1.29, 1.82) is 0 Å². The summed E-state index contributed by atoms with van der Waals surface area (Å²) in [6.07, 6.45) is 6.80. The zero-order valence-electron chi connectivity index (χ0n) is 16.7. The molecule has 1 aromatic carbocycles. The molecule has 4 rings (SSSR count). The fourth-order valence-corrected chi connectivity index (χ4v) is 5.26. The van der Waals surface area contributed by atoms with E-state index >= 15 is 0 Å². The van der Waals surface area contributed by atoms with Crippen LogP contribution in [0.2, 0.25) is 5.02 Å². The van der Waals surface area contributed by atoms with E-state index in [-0.39, 0.29) is 11.7 Å². The Bertz CT molecular complexity index is 676. The van der Waals surface area contributed by atoms with Crippen LogP contribution in [0.15, 0.2) is 18.2 Å². The van der Waals surface area contributed by atoms with Crippen molar-refractivity contribution in [2.75, 3.05) is 39.3 Å². The number of hydrogen-bond acceptors (Lipinski definition) is 4. The van der Waals surface area contributed by atoms with Crippen LogP contribution in [-0.4, -0.2) is 71.0 Å². The number of aromatic hydroxyl groups is 1. The molecule has 1 amide bonds. The smallest absolute Gasteiger partial charge is 0.225 e. The molecule has 3 heterocycles. The van der Waals surface area contributed by atoms with Gasteiger partial charge in [0.2, 0.25) is 5.91 Å². The first-order valence-electron chi connectivity index (χ1n) is 10.8. The van der Waals surface area contributed by atoms with Crippen molar-refractivity contribution in [1.82, 2.24) is 14.7 Å². The van der Waals surface area contributed by atoms with Crippen LogP contribution in [0, 0.1) is 5.92 Å². The van der Waals surface area contributed by atoms with Gasteiger partial charge in [0.15, 0.2) is 0 Å². The van der Waals surface area contributed by atoms with Crippen LogP contribution >= 0.6 is 11.6 Å². The first-order chi connectivity index (χ1) is 13.6. The third-order valence-electron chi connectivity index (χ3n) is 6.79. The molecule has 1 aromatic rings. The summed E-state index contributed by atoms with van der Waals surface area (Å²) in [6, 6.07) is 6.15. The number of piperidine rings is 2. The van der Waals surface area contributed by atoms with Crippen LogP contribution in [0.25, 0.3) is 0 Å². The SMILES string of the molecule is O=C(C1CCN(C2CCN(Cc3ccc(O)c(Cl)c3)CC2)CC1)N1CCCC1. The fourth-order valence-electron chi connectivity index (χ4n) is 5.06. The van der Waals surface area contributed by atoms with Crippen LogP contribution in [0.1, 0.15) is 44.1 Å². The number of nitrogens with zero attached hydrogens (tertiary/aromatic N) is 3. The van der Waals surface area contributed by atoms with Crippen LogP contribution in [0.5, 0.6) is 5.75 Å². The van der Waals surface area contributed by atoms with Gasteiger partial charge in [-0.05, 0) is 82.4 Å². The highest BCUT2D eigenvalue weighted by Crippen LogP contribution is 2.28. The third-order valence-corrected chi connectivity index (χ3v) is 7.09. The predicted octanol–water partition coefficient (Wildman–Crippen LogP) is 3.34. The minimum absolute atomic E-state index is 0.149. The Kier molecular flexibility index (Phi) is 6.44. The molecule has 0 bridgehead atoms. The summed E-state index contributed by atoms with van der Waals surface area (Å²) in [5, 5.41) is 10.00. The van der Waals surface area contributed by atoms with Crippen molar-refractivity contribution in [2.45, 2.75) is 51.1 Å². The zero-order chi connectivity index (χ0) is 19.5. The van der Waals surface area contributed by atoms with Crippen LogP contribution < -0.4 is 0 Å². The van der Waals surface area contributed by atoms with E-state index in [1.54, 1.807) is 6.07 Å². The summed E-state index contributed by atoms with van der Waals surface area (Å²) >= 11 is 6.03. The molecule has 0 radical (unpaired) electrons. The molecule has 0 spiro atoms. The molecule has 3 saturated heterocycles. The second-order valence-electron chi connectivity index (χ2n) is 8.64. The maximum absolute atomic E-state index is 12.6. The number of phenols is 1. The van der Waals surface area contributed by atoms with E-state index in [2.05, 4.69) is 14.7 Å². The predicted molar refractivity (Wildman–Crippen MR) is 112 cm³/mol. The number of phenolic OH excluding ortho intramolecular Hbond substituents is 1. The summed E-state index contributed by atoms with van der Waals surface area (Å²) in [6.45, 7) is 7.17. The lowest BCUT2D eigenvalue weighted by atomic mass is 9.92. The summed E-state index contributed by atoms with van der Waals surface area (Å²) < 4.78 is 0. The Morgan fingerprint density at radius 1 is 1.00 bits per heavy atom. The van der Waals surface area contributed by atoms with E-state index in [9.17, 15) is 9.90 Å². The minimum atomic E-state index is 0.149. The number of benzene rings is 1. The quantitative estimate of drug-likeness (QED) is 0.834. The second-order valence-corrected chi connectivity index (χ2v) is 9.04. The third kappa shape index (κ3) is 4.64. The molecular weight excluding hydrogens is 374 g/mol. The Balaban J connectivity index is 1.21. The number of halogens is 1. The molecule has 0 aromatic heterocycles. The lowest BCUT2D eigenvalue weighted by molar-refractivity contribution is -0.136. The Labute approximate surface area is 173 Å². The second kappa shape index (κ2) is 9.02. The van der Waals surface area contributed by atoms with E-state index < -0.39 is 0 Å². The van der Waals surface area contributed by atoms with Gasteiger partial charge in [-0.3, -0.25) is 9.69 Å². The number of rotatable bonds is 4. The van der Waals surface area contributed by atoms with Crippen molar-refractivity contribution in [3.63, 3.8) is 0 Å². The highest BCUT2D eigenvalue weighted by Gasteiger charge is 2.33. The highest BCUT2D eigenvalue weighted by molar-refractivity contribution is 6.32. The van der Waals surface area contributed by atoms with Gasteiger partial charge in [0.25, 0.3) is 0 Å². The Morgan fingerprint density at radius 2 is 1.68 bits per heavy atom. The van der Waals surface area contributed by atoms with Crippen LogP contribution in [-0.2, 0) is 11.3 Å². The molecule has 1 N–H and O–H groups in total. The first kappa shape index (κ1) is 20.0. The zero-order valence-corrected chi connectivity index (χ0v) is 17.4. The van der Waals surface area contributed by atoms with Gasteiger partial charge in [-0.25, -0.2) is 0 Å². The summed E-state index contributed by atoms with van der Waals surface area (Å²) in [4.78, 5) is 19.8. The van der Waals surface area contributed by atoms with E-state index in [1.165, 1.54) is 25.7 Å². The normalized spacial score (nSPS) is 23.4. The van der Waals surface area contributed by atoms with Gasteiger partial charge in [-0.15, -0.1) is 0 Å². The molecule has 3 aliphatic heterocycles. The largest absolute Gasteiger partial charge is 0.506 e.